The number of hydrogen-bond donors (Lipinski definition) is 1. The number of aromatic nitrogens is 2. The van der Waals surface area contributed by atoms with Gasteiger partial charge in [-0.1, -0.05) is 29.2 Å². The van der Waals surface area contributed by atoms with Crippen LogP contribution in [0, 0.1) is 20.8 Å². The molecule has 26 heavy (non-hydrogen) atoms. The van der Waals surface area contributed by atoms with Crippen molar-refractivity contribution in [1.29, 1.82) is 0 Å². The van der Waals surface area contributed by atoms with Crippen molar-refractivity contribution in [1.82, 2.24) is 10.2 Å². The summed E-state index contributed by atoms with van der Waals surface area (Å²) in [6.45, 7) is 5.91. The fraction of sp³-hybridized carbons (Fsp3) is 0.278. The summed E-state index contributed by atoms with van der Waals surface area (Å²) in [6.07, 6.45) is 0. The van der Waals surface area contributed by atoms with E-state index in [4.69, 9.17) is 9.15 Å². The normalized spacial score (nSPS) is 10.8. The van der Waals surface area contributed by atoms with Gasteiger partial charge in [0.1, 0.15) is 17.1 Å². The number of thioether (sulfide) groups is 1. The lowest BCUT2D eigenvalue weighted by atomic mass is 10.1. The summed E-state index contributed by atoms with van der Waals surface area (Å²) in [7, 11) is 1.36. The molecule has 0 fully saturated rings. The Morgan fingerprint density at radius 3 is 2.77 bits per heavy atom. The average Bonchev–Trinajstić information content (AvgIpc) is 3.22. The molecule has 0 saturated heterocycles. The van der Waals surface area contributed by atoms with E-state index in [0.29, 0.717) is 22.8 Å². The topological polar surface area (TPSA) is 77.2 Å². The Morgan fingerprint density at radius 1 is 1.23 bits per heavy atom. The number of anilines is 2. The third-order valence-electron chi connectivity index (χ3n) is 3.88. The SMILES string of the molecule is COC(=O)c1cc(CSc2nnc(Nc3ccc(C)c(C)c3)s2)oc1C. The third kappa shape index (κ3) is 4.25. The summed E-state index contributed by atoms with van der Waals surface area (Å²) in [6, 6.07) is 7.90. The molecule has 0 amide bonds. The summed E-state index contributed by atoms with van der Waals surface area (Å²) in [5.41, 5.74) is 3.93. The number of benzene rings is 1. The Labute approximate surface area is 160 Å². The number of hydrogen-bond acceptors (Lipinski definition) is 8. The first kappa shape index (κ1) is 18.5. The zero-order valence-electron chi connectivity index (χ0n) is 15.0. The van der Waals surface area contributed by atoms with Gasteiger partial charge in [-0.2, -0.15) is 0 Å². The number of esters is 1. The third-order valence-corrected chi connectivity index (χ3v) is 5.87. The van der Waals surface area contributed by atoms with Crippen molar-refractivity contribution < 1.29 is 13.9 Å². The van der Waals surface area contributed by atoms with E-state index in [1.807, 2.05) is 6.07 Å². The Balaban J connectivity index is 1.62. The fourth-order valence-electron chi connectivity index (χ4n) is 2.32. The van der Waals surface area contributed by atoms with Gasteiger partial charge in [0, 0.05) is 5.69 Å². The van der Waals surface area contributed by atoms with Gasteiger partial charge in [0.05, 0.1) is 12.9 Å². The first-order chi connectivity index (χ1) is 12.5. The van der Waals surface area contributed by atoms with Gasteiger partial charge in [-0.3, -0.25) is 0 Å². The molecule has 6 nitrogen and oxygen atoms in total. The maximum Gasteiger partial charge on any atom is 0.341 e. The molecule has 0 aliphatic carbocycles. The van der Waals surface area contributed by atoms with Crippen LogP contribution in [0.25, 0.3) is 0 Å². The molecule has 0 radical (unpaired) electrons. The molecule has 8 heteroatoms. The second kappa shape index (κ2) is 7.92. The second-order valence-corrected chi connectivity index (χ2v) is 7.96. The van der Waals surface area contributed by atoms with Crippen molar-refractivity contribution in [2.24, 2.45) is 0 Å². The lowest BCUT2D eigenvalue weighted by molar-refractivity contribution is 0.0599. The molecule has 0 atom stereocenters. The lowest BCUT2D eigenvalue weighted by Crippen LogP contribution is -2.00. The first-order valence-electron chi connectivity index (χ1n) is 7.94. The minimum atomic E-state index is -0.390. The molecule has 0 bridgehead atoms. The van der Waals surface area contributed by atoms with Gasteiger partial charge in [0.15, 0.2) is 4.34 Å². The molecule has 0 aliphatic rings. The van der Waals surface area contributed by atoms with E-state index in [1.54, 1.807) is 13.0 Å². The quantitative estimate of drug-likeness (QED) is 0.475. The standard InChI is InChI=1S/C18H19N3O3S2/c1-10-5-6-13(7-11(10)2)19-17-20-21-18(26-17)25-9-14-8-15(12(3)24-14)16(22)23-4/h5-8H,9H2,1-4H3,(H,19,20). The van der Waals surface area contributed by atoms with Crippen LogP contribution in [0.4, 0.5) is 10.8 Å². The van der Waals surface area contributed by atoms with Crippen LogP contribution >= 0.6 is 23.1 Å². The van der Waals surface area contributed by atoms with Crippen LogP contribution in [0.15, 0.2) is 33.0 Å². The zero-order chi connectivity index (χ0) is 18.7. The molecule has 3 rings (SSSR count). The number of carbonyl (C=O) groups excluding carboxylic acids is 1. The number of nitrogens with zero attached hydrogens (tertiary/aromatic N) is 2. The van der Waals surface area contributed by atoms with Crippen molar-refractivity contribution in [2.75, 3.05) is 12.4 Å². The number of rotatable bonds is 6. The highest BCUT2D eigenvalue weighted by atomic mass is 32.2. The van der Waals surface area contributed by atoms with Gasteiger partial charge < -0.3 is 14.5 Å². The van der Waals surface area contributed by atoms with Crippen LogP contribution in [0.3, 0.4) is 0 Å². The lowest BCUT2D eigenvalue weighted by Gasteiger charge is -2.05. The maximum atomic E-state index is 11.6. The van der Waals surface area contributed by atoms with Crippen LogP contribution in [0.2, 0.25) is 0 Å². The summed E-state index contributed by atoms with van der Waals surface area (Å²) < 4.78 is 11.2. The number of ether oxygens (including phenoxy) is 1. The van der Waals surface area contributed by atoms with Crippen molar-refractivity contribution in [3.63, 3.8) is 0 Å². The van der Waals surface area contributed by atoms with Crippen molar-refractivity contribution in [3.8, 4) is 0 Å². The number of carbonyl (C=O) groups is 1. The maximum absolute atomic E-state index is 11.6. The molecule has 0 unspecified atom stereocenters. The van der Waals surface area contributed by atoms with Crippen LogP contribution in [-0.4, -0.2) is 23.3 Å². The van der Waals surface area contributed by atoms with E-state index < -0.39 is 5.97 Å². The fourth-order valence-corrected chi connectivity index (χ4v) is 3.97. The van der Waals surface area contributed by atoms with Gasteiger partial charge in [0.2, 0.25) is 5.13 Å². The number of aryl methyl sites for hydroxylation is 3. The zero-order valence-corrected chi connectivity index (χ0v) is 16.6. The molecule has 2 aromatic heterocycles. The van der Waals surface area contributed by atoms with Crippen LogP contribution in [0.1, 0.15) is 33.0 Å². The van der Waals surface area contributed by atoms with Gasteiger partial charge in [0.25, 0.3) is 0 Å². The molecular formula is C18H19N3O3S2. The van der Waals surface area contributed by atoms with E-state index >= 15 is 0 Å². The molecule has 2 heterocycles. The van der Waals surface area contributed by atoms with E-state index in [1.165, 1.54) is 41.3 Å². The van der Waals surface area contributed by atoms with E-state index in [-0.39, 0.29) is 0 Å². The summed E-state index contributed by atoms with van der Waals surface area (Å²) in [4.78, 5) is 11.6. The molecule has 1 aromatic carbocycles. The highest BCUT2D eigenvalue weighted by Gasteiger charge is 2.16. The van der Waals surface area contributed by atoms with Gasteiger partial charge in [-0.15, -0.1) is 10.2 Å². The summed E-state index contributed by atoms with van der Waals surface area (Å²) in [5.74, 6) is 1.43. The molecule has 0 saturated carbocycles. The molecular weight excluding hydrogens is 370 g/mol. The second-order valence-electron chi connectivity index (χ2n) is 5.76. The smallest absolute Gasteiger partial charge is 0.341 e. The average molecular weight is 390 g/mol. The first-order valence-corrected chi connectivity index (χ1v) is 9.74. The predicted molar refractivity (Wildman–Crippen MR) is 103 cm³/mol. The summed E-state index contributed by atoms with van der Waals surface area (Å²) >= 11 is 2.99. The van der Waals surface area contributed by atoms with Gasteiger partial charge in [-0.25, -0.2) is 4.79 Å². The monoisotopic (exact) mass is 389 g/mol. The highest BCUT2D eigenvalue weighted by Crippen LogP contribution is 2.31. The minimum Gasteiger partial charge on any atom is -0.465 e. The number of nitrogens with one attached hydrogen (secondary N) is 1. The number of methoxy groups -OCH3 is 1. The molecule has 136 valence electrons. The van der Waals surface area contributed by atoms with Crippen molar-refractivity contribution in [3.05, 3.63) is 52.5 Å². The van der Waals surface area contributed by atoms with Gasteiger partial charge in [-0.05, 0) is 50.1 Å². The van der Waals surface area contributed by atoms with E-state index in [2.05, 4.69) is 41.5 Å². The molecule has 3 aromatic rings. The van der Waals surface area contributed by atoms with Crippen molar-refractivity contribution >= 4 is 39.9 Å². The molecule has 1 N–H and O–H groups in total. The Hall–Kier alpha value is -2.32. The van der Waals surface area contributed by atoms with E-state index in [0.717, 1.165) is 15.2 Å². The predicted octanol–water partition coefficient (Wildman–Crippen LogP) is 4.88. The van der Waals surface area contributed by atoms with Gasteiger partial charge >= 0.3 is 5.97 Å². The van der Waals surface area contributed by atoms with Crippen LogP contribution in [0.5, 0.6) is 0 Å². The largest absolute Gasteiger partial charge is 0.465 e. The number of furan rings is 1. The van der Waals surface area contributed by atoms with E-state index in [9.17, 15) is 4.79 Å². The highest BCUT2D eigenvalue weighted by molar-refractivity contribution is 8.00. The Bertz CT molecular complexity index is 934. The Kier molecular flexibility index (Phi) is 5.63. The van der Waals surface area contributed by atoms with Crippen LogP contribution < -0.4 is 5.32 Å². The molecule has 0 aliphatic heterocycles. The summed E-state index contributed by atoms with van der Waals surface area (Å²) in [5, 5.41) is 12.4. The minimum absolute atomic E-state index is 0.390. The van der Waals surface area contributed by atoms with Crippen LogP contribution in [-0.2, 0) is 10.5 Å². The molecule has 0 spiro atoms. The Morgan fingerprint density at radius 2 is 2.04 bits per heavy atom. The van der Waals surface area contributed by atoms with Crippen molar-refractivity contribution in [2.45, 2.75) is 30.9 Å².